The molecule has 1 N–H and O–H groups in total. The minimum atomic E-state index is -0.521. The van der Waals surface area contributed by atoms with Gasteiger partial charge in [-0.15, -0.1) is 0 Å². The molecule has 3 rings (SSSR count). The minimum Gasteiger partial charge on any atom is -0.508 e. The van der Waals surface area contributed by atoms with Crippen LogP contribution in [0, 0.1) is 0 Å². The Kier molecular flexibility index (Phi) is 3.62. The first kappa shape index (κ1) is 13.4. The van der Waals surface area contributed by atoms with Gasteiger partial charge >= 0.3 is 0 Å². The number of aromatic hydroxyl groups is 1. The first-order valence-corrected chi connectivity index (χ1v) is 7.69. The van der Waals surface area contributed by atoms with Gasteiger partial charge < -0.3 is 5.11 Å². The second-order valence-electron chi connectivity index (χ2n) is 6.14. The lowest BCUT2D eigenvalue weighted by atomic mass is 9.85. The molecule has 106 valence electrons. The third-order valence-electron chi connectivity index (χ3n) is 4.90. The van der Waals surface area contributed by atoms with Gasteiger partial charge in [-0.25, -0.2) is 4.79 Å². The summed E-state index contributed by atoms with van der Waals surface area (Å²) in [6.07, 6.45) is 11.3. The molecule has 0 radical (unpaired) electrons. The van der Waals surface area contributed by atoms with Crippen molar-refractivity contribution in [3.63, 3.8) is 0 Å². The highest BCUT2D eigenvalue weighted by atomic mass is 16.3. The molecular formula is C17H21NO2. The van der Waals surface area contributed by atoms with Crippen molar-refractivity contribution in [2.75, 3.05) is 0 Å². The maximum Gasteiger partial charge on any atom is 0.235 e. The zero-order valence-corrected chi connectivity index (χ0v) is 11.8. The van der Waals surface area contributed by atoms with Crippen molar-refractivity contribution >= 4 is 6.08 Å². The molecule has 2 aliphatic rings. The van der Waals surface area contributed by atoms with E-state index in [1.807, 2.05) is 6.07 Å². The molecule has 1 saturated carbocycles. The molecule has 0 atom stereocenters. The summed E-state index contributed by atoms with van der Waals surface area (Å²) in [4.78, 5) is 14.9. The highest BCUT2D eigenvalue weighted by Crippen LogP contribution is 2.46. The fourth-order valence-electron chi connectivity index (χ4n) is 3.81. The normalized spacial score (nSPS) is 20.8. The Bertz CT molecular complexity index is 552. The van der Waals surface area contributed by atoms with E-state index in [4.69, 9.17) is 0 Å². The van der Waals surface area contributed by atoms with Gasteiger partial charge in [0.15, 0.2) is 0 Å². The average molecular weight is 271 g/mol. The largest absolute Gasteiger partial charge is 0.508 e. The highest BCUT2D eigenvalue weighted by molar-refractivity contribution is 5.49. The highest BCUT2D eigenvalue weighted by Gasteiger charge is 2.38. The molecule has 0 bridgehead atoms. The molecule has 1 aromatic rings. The van der Waals surface area contributed by atoms with Crippen LogP contribution >= 0.6 is 0 Å². The van der Waals surface area contributed by atoms with E-state index >= 15 is 0 Å². The Morgan fingerprint density at radius 3 is 2.30 bits per heavy atom. The van der Waals surface area contributed by atoms with Crippen LogP contribution < -0.4 is 0 Å². The van der Waals surface area contributed by atoms with Crippen molar-refractivity contribution in [1.29, 1.82) is 0 Å². The molecule has 3 heteroatoms. The van der Waals surface area contributed by atoms with Gasteiger partial charge in [0, 0.05) is 5.56 Å². The molecule has 1 aromatic carbocycles. The number of aliphatic imine (C=N–C) groups is 1. The van der Waals surface area contributed by atoms with Gasteiger partial charge in [0.25, 0.3) is 0 Å². The lowest BCUT2D eigenvalue weighted by Crippen LogP contribution is -2.19. The van der Waals surface area contributed by atoms with Crippen LogP contribution in [0.4, 0.5) is 0 Å². The molecule has 0 amide bonds. The van der Waals surface area contributed by atoms with Crippen LogP contribution in [0.5, 0.6) is 5.75 Å². The predicted octanol–water partition coefficient (Wildman–Crippen LogP) is 3.77. The Morgan fingerprint density at radius 2 is 1.65 bits per heavy atom. The molecule has 0 heterocycles. The average Bonchev–Trinajstić information content (AvgIpc) is 2.78. The lowest BCUT2D eigenvalue weighted by molar-refractivity contribution is 0.407. The Labute approximate surface area is 119 Å². The van der Waals surface area contributed by atoms with Gasteiger partial charge in [-0.1, -0.05) is 19.3 Å². The van der Waals surface area contributed by atoms with Crippen molar-refractivity contribution in [1.82, 2.24) is 0 Å². The summed E-state index contributed by atoms with van der Waals surface area (Å²) >= 11 is 0. The van der Waals surface area contributed by atoms with Crippen molar-refractivity contribution in [3.05, 3.63) is 28.8 Å². The Morgan fingerprint density at radius 1 is 1.00 bits per heavy atom. The first-order valence-electron chi connectivity index (χ1n) is 7.69. The molecular weight excluding hydrogens is 250 g/mol. The zero-order chi connectivity index (χ0) is 14.0. The van der Waals surface area contributed by atoms with E-state index in [1.54, 1.807) is 6.08 Å². The molecule has 0 unspecified atom stereocenters. The van der Waals surface area contributed by atoms with Gasteiger partial charge in [-0.05, 0) is 61.8 Å². The van der Waals surface area contributed by atoms with Crippen LogP contribution in [0.2, 0.25) is 0 Å². The molecule has 0 spiro atoms. The van der Waals surface area contributed by atoms with Crippen LogP contribution in [0.25, 0.3) is 0 Å². The monoisotopic (exact) mass is 271 g/mol. The van der Waals surface area contributed by atoms with Crippen LogP contribution in [0.3, 0.4) is 0 Å². The van der Waals surface area contributed by atoms with E-state index in [1.165, 1.54) is 30.4 Å². The fraction of sp³-hybridized carbons (Fsp3) is 0.588. The van der Waals surface area contributed by atoms with Gasteiger partial charge in [0.2, 0.25) is 6.08 Å². The number of fused-ring (bicyclic) bond motifs is 1. The van der Waals surface area contributed by atoms with E-state index in [0.717, 1.165) is 44.1 Å². The summed E-state index contributed by atoms with van der Waals surface area (Å²) < 4.78 is 0. The number of phenolic OH excluding ortho intramolecular Hbond substituents is 1. The fourth-order valence-corrected chi connectivity index (χ4v) is 3.81. The number of benzene rings is 1. The van der Waals surface area contributed by atoms with Gasteiger partial charge in [0.05, 0.1) is 0 Å². The van der Waals surface area contributed by atoms with Crippen LogP contribution in [-0.4, -0.2) is 11.2 Å². The van der Waals surface area contributed by atoms with Crippen molar-refractivity contribution in [3.8, 4) is 5.75 Å². The number of hydrogen-bond donors (Lipinski definition) is 1. The number of hydrogen-bond acceptors (Lipinski definition) is 3. The molecule has 20 heavy (non-hydrogen) atoms. The Balaban J connectivity index is 2.09. The standard InChI is InChI=1S/C17H21NO2/c19-12-18-17(8-4-5-9-17)15-10-13-6-2-1-3-7-14(13)11-16(15)20/h10-11,20H,1-9H2. The number of phenols is 1. The summed E-state index contributed by atoms with van der Waals surface area (Å²) in [7, 11) is 0. The summed E-state index contributed by atoms with van der Waals surface area (Å²) in [6.45, 7) is 0. The summed E-state index contributed by atoms with van der Waals surface area (Å²) in [6, 6.07) is 4.03. The molecule has 1 fully saturated rings. The third-order valence-corrected chi connectivity index (χ3v) is 4.90. The number of aryl methyl sites for hydroxylation is 2. The van der Waals surface area contributed by atoms with Crippen molar-refractivity contribution in [2.45, 2.75) is 63.3 Å². The second kappa shape index (κ2) is 5.41. The second-order valence-corrected chi connectivity index (χ2v) is 6.14. The van der Waals surface area contributed by atoms with E-state index in [9.17, 15) is 9.90 Å². The molecule has 0 aromatic heterocycles. The minimum absolute atomic E-state index is 0.312. The molecule has 0 saturated heterocycles. The SMILES string of the molecule is O=C=NC1(c2cc3c(cc2O)CCCCC3)CCCC1. The maximum absolute atomic E-state index is 10.8. The topological polar surface area (TPSA) is 49.7 Å². The lowest BCUT2D eigenvalue weighted by Gasteiger charge is -2.25. The smallest absolute Gasteiger partial charge is 0.235 e. The van der Waals surface area contributed by atoms with E-state index in [0.29, 0.717) is 5.75 Å². The van der Waals surface area contributed by atoms with E-state index in [2.05, 4.69) is 11.1 Å². The summed E-state index contributed by atoms with van der Waals surface area (Å²) in [5, 5.41) is 10.4. The first-order chi connectivity index (χ1) is 9.75. The summed E-state index contributed by atoms with van der Waals surface area (Å²) in [5.41, 5.74) is 2.93. The Hall–Kier alpha value is -1.60. The predicted molar refractivity (Wildman–Crippen MR) is 77.6 cm³/mol. The number of carbonyl (C=O) groups excluding carboxylic acids is 1. The zero-order valence-electron chi connectivity index (χ0n) is 11.8. The van der Waals surface area contributed by atoms with Gasteiger partial charge in [-0.2, -0.15) is 4.99 Å². The number of nitrogens with zero attached hydrogens (tertiary/aromatic N) is 1. The van der Waals surface area contributed by atoms with E-state index < -0.39 is 5.54 Å². The number of rotatable bonds is 2. The van der Waals surface area contributed by atoms with Crippen molar-refractivity contribution < 1.29 is 9.90 Å². The molecule has 3 nitrogen and oxygen atoms in total. The van der Waals surface area contributed by atoms with Crippen LogP contribution in [-0.2, 0) is 23.2 Å². The van der Waals surface area contributed by atoms with Gasteiger partial charge in [0.1, 0.15) is 11.3 Å². The van der Waals surface area contributed by atoms with Crippen LogP contribution in [0.1, 0.15) is 61.6 Å². The quantitative estimate of drug-likeness (QED) is 0.505. The number of isocyanates is 1. The maximum atomic E-state index is 10.8. The molecule has 2 aliphatic carbocycles. The van der Waals surface area contributed by atoms with Crippen LogP contribution in [0.15, 0.2) is 17.1 Å². The summed E-state index contributed by atoms with van der Waals surface area (Å²) in [5.74, 6) is 0.312. The molecule has 0 aliphatic heterocycles. The van der Waals surface area contributed by atoms with E-state index in [-0.39, 0.29) is 0 Å². The van der Waals surface area contributed by atoms with Gasteiger partial charge in [-0.3, -0.25) is 0 Å². The van der Waals surface area contributed by atoms with Crippen molar-refractivity contribution in [2.24, 2.45) is 4.99 Å². The third kappa shape index (κ3) is 2.27.